The zero-order valence-electron chi connectivity index (χ0n) is 13.3. The number of aromatic nitrogens is 1. The molecule has 0 bridgehead atoms. The molecule has 2 N–H and O–H groups in total. The first-order valence-electron chi connectivity index (χ1n) is 7.56. The number of rotatable bonds is 3. The molecule has 0 fully saturated rings. The zero-order chi connectivity index (χ0) is 17.6. The minimum Gasteiger partial charge on any atom is -0.490 e. The highest BCUT2D eigenvalue weighted by molar-refractivity contribution is 7.92. The van der Waals surface area contributed by atoms with Crippen LogP contribution in [0, 0.1) is 0 Å². The SMILES string of the molecule is CN1CCOc2ccc(NS(=O)(=O)c3ccc4[nH]c(=O)oc4c3)cc21. The van der Waals surface area contributed by atoms with E-state index in [9.17, 15) is 13.2 Å². The highest BCUT2D eigenvalue weighted by Gasteiger charge is 2.19. The lowest BCUT2D eigenvalue weighted by Gasteiger charge is -2.28. The van der Waals surface area contributed by atoms with Crippen molar-refractivity contribution in [2.75, 3.05) is 29.8 Å². The first-order valence-corrected chi connectivity index (χ1v) is 9.04. The highest BCUT2D eigenvalue weighted by Crippen LogP contribution is 2.33. The molecule has 0 saturated heterocycles. The highest BCUT2D eigenvalue weighted by atomic mass is 32.2. The molecule has 0 saturated carbocycles. The number of sulfonamides is 1. The van der Waals surface area contributed by atoms with Crippen LogP contribution in [0.4, 0.5) is 11.4 Å². The predicted molar refractivity (Wildman–Crippen MR) is 92.9 cm³/mol. The van der Waals surface area contributed by atoms with Crippen LogP contribution in [-0.2, 0) is 10.0 Å². The third kappa shape index (κ3) is 2.82. The Kier molecular flexibility index (Phi) is 3.46. The summed E-state index contributed by atoms with van der Waals surface area (Å²) in [5, 5.41) is 0. The second kappa shape index (κ2) is 5.55. The number of aromatic amines is 1. The predicted octanol–water partition coefficient (Wildman–Crippen LogP) is 1.75. The first kappa shape index (κ1) is 15.6. The molecule has 0 aliphatic carbocycles. The van der Waals surface area contributed by atoms with Crippen molar-refractivity contribution in [2.24, 2.45) is 0 Å². The van der Waals surface area contributed by atoms with E-state index in [1.807, 2.05) is 11.9 Å². The van der Waals surface area contributed by atoms with Crippen LogP contribution in [0.3, 0.4) is 0 Å². The molecule has 1 aliphatic heterocycles. The minimum absolute atomic E-state index is 0.00470. The Labute approximate surface area is 143 Å². The van der Waals surface area contributed by atoms with Gasteiger partial charge in [0.1, 0.15) is 12.4 Å². The molecule has 0 atom stereocenters. The van der Waals surface area contributed by atoms with Gasteiger partial charge in [-0.1, -0.05) is 0 Å². The van der Waals surface area contributed by atoms with Gasteiger partial charge >= 0.3 is 5.76 Å². The molecule has 130 valence electrons. The summed E-state index contributed by atoms with van der Waals surface area (Å²) >= 11 is 0. The van der Waals surface area contributed by atoms with Gasteiger partial charge in [0.15, 0.2) is 5.58 Å². The normalized spacial score (nSPS) is 14.2. The summed E-state index contributed by atoms with van der Waals surface area (Å²) in [6.07, 6.45) is 0. The molecule has 3 aromatic rings. The summed E-state index contributed by atoms with van der Waals surface area (Å²) in [4.78, 5) is 15.7. The van der Waals surface area contributed by atoms with Crippen molar-refractivity contribution >= 4 is 32.5 Å². The van der Waals surface area contributed by atoms with Crippen LogP contribution in [-0.4, -0.2) is 33.6 Å². The minimum atomic E-state index is -3.82. The molecule has 9 heteroatoms. The summed E-state index contributed by atoms with van der Waals surface area (Å²) in [6, 6.07) is 9.30. The van der Waals surface area contributed by atoms with Crippen LogP contribution in [0.15, 0.2) is 50.5 Å². The van der Waals surface area contributed by atoms with E-state index < -0.39 is 15.8 Å². The van der Waals surface area contributed by atoms with E-state index in [-0.39, 0.29) is 10.5 Å². The number of H-pyrrole nitrogens is 1. The fraction of sp³-hybridized carbons (Fsp3) is 0.188. The van der Waals surface area contributed by atoms with Crippen molar-refractivity contribution in [1.29, 1.82) is 0 Å². The number of hydrogen-bond donors (Lipinski definition) is 2. The van der Waals surface area contributed by atoms with Gasteiger partial charge in [0, 0.05) is 13.1 Å². The lowest BCUT2D eigenvalue weighted by atomic mass is 10.2. The lowest BCUT2D eigenvalue weighted by Crippen LogP contribution is -2.28. The van der Waals surface area contributed by atoms with E-state index in [0.717, 1.165) is 12.2 Å². The number of hydrogen-bond acceptors (Lipinski definition) is 6. The molecule has 8 nitrogen and oxygen atoms in total. The van der Waals surface area contributed by atoms with Crippen molar-refractivity contribution in [3.8, 4) is 5.75 Å². The Morgan fingerprint density at radius 3 is 2.88 bits per heavy atom. The van der Waals surface area contributed by atoms with Crippen LogP contribution < -0.4 is 20.1 Å². The van der Waals surface area contributed by atoms with E-state index in [4.69, 9.17) is 9.15 Å². The van der Waals surface area contributed by atoms with Crippen LogP contribution in [0.5, 0.6) is 5.75 Å². The zero-order valence-corrected chi connectivity index (χ0v) is 14.1. The van der Waals surface area contributed by atoms with Gasteiger partial charge in [-0.2, -0.15) is 0 Å². The molecular weight excluding hydrogens is 346 g/mol. The smallest absolute Gasteiger partial charge is 0.417 e. The Hall–Kier alpha value is -2.94. The number of likely N-dealkylation sites (N-methyl/N-ethyl adjacent to an activating group) is 1. The van der Waals surface area contributed by atoms with E-state index >= 15 is 0 Å². The molecule has 4 rings (SSSR count). The molecule has 0 unspecified atom stereocenters. The standard InChI is InChI=1S/C16H15N3O5S/c1-19-6-7-23-14-5-2-10(8-13(14)19)18-25(21,22)11-3-4-12-15(9-11)24-16(20)17-12/h2-5,8-9,18H,6-7H2,1H3,(H,17,20). The van der Waals surface area contributed by atoms with Crippen molar-refractivity contribution < 1.29 is 17.6 Å². The first-order chi connectivity index (χ1) is 11.9. The Morgan fingerprint density at radius 1 is 1.20 bits per heavy atom. The Bertz CT molecular complexity index is 1120. The van der Waals surface area contributed by atoms with Gasteiger partial charge < -0.3 is 14.1 Å². The van der Waals surface area contributed by atoms with E-state index in [2.05, 4.69) is 9.71 Å². The Morgan fingerprint density at radius 2 is 2.04 bits per heavy atom. The number of nitrogens with one attached hydrogen (secondary N) is 2. The molecule has 2 aromatic carbocycles. The number of fused-ring (bicyclic) bond motifs is 2. The van der Waals surface area contributed by atoms with E-state index in [1.165, 1.54) is 18.2 Å². The van der Waals surface area contributed by atoms with E-state index in [0.29, 0.717) is 23.6 Å². The molecule has 25 heavy (non-hydrogen) atoms. The van der Waals surface area contributed by atoms with E-state index in [1.54, 1.807) is 18.2 Å². The average molecular weight is 361 g/mol. The summed E-state index contributed by atoms with van der Waals surface area (Å²) in [7, 11) is -1.91. The number of nitrogens with zero attached hydrogens (tertiary/aromatic N) is 1. The van der Waals surface area contributed by atoms with Crippen molar-refractivity contribution in [2.45, 2.75) is 4.90 Å². The van der Waals surface area contributed by atoms with Crippen LogP contribution in [0.2, 0.25) is 0 Å². The van der Waals surface area contributed by atoms with Gasteiger partial charge in [0.25, 0.3) is 10.0 Å². The third-order valence-corrected chi connectivity index (χ3v) is 5.39. The molecule has 0 radical (unpaired) electrons. The fourth-order valence-electron chi connectivity index (χ4n) is 2.72. The Balaban J connectivity index is 1.68. The molecular formula is C16H15N3O5S. The van der Waals surface area contributed by atoms with Gasteiger partial charge in [-0.25, -0.2) is 13.2 Å². The maximum absolute atomic E-state index is 12.6. The van der Waals surface area contributed by atoms with Gasteiger partial charge in [0.05, 0.1) is 28.3 Å². The van der Waals surface area contributed by atoms with Crippen molar-refractivity contribution in [3.05, 3.63) is 46.9 Å². The monoisotopic (exact) mass is 361 g/mol. The van der Waals surface area contributed by atoms with Crippen LogP contribution in [0.25, 0.3) is 11.1 Å². The largest absolute Gasteiger partial charge is 0.490 e. The molecule has 2 heterocycles. The fourth-order valence-corrected chi connectivity index (χ4v) is 3.79. The van der Waals surface area contributed by atoms with Crippen molar-refractivity contribution in [1.82, 2.24) is 4.98 Å². The van der Waals surface area contributed by atoms with Gasteiger partial charge in [-0.3, -0.25) is 9.71 Å². The number of benzene rings is 2. The summed E-state index contributed by atoms with van der Waals surface area (Å²) in [5.41, 5.74) is 1.87. The van der Waals surface area contributed by atoms with Crippen LogP contribution in [0.1, 0.15) is 0 Å². The van der Waals surface area contributed by atoms with Gasteiger partial charge in [-0.15, -0.1) is 0 Å². The second-order valence-electron chi connectivity index (χ2n) is 5.73. The summed E-state index contributed by atoms with van der Waals surface area (Å²) in [5.74, 6) is 0.0856. The third-order valence-electron chi connectivity index (χ3n) is 4.01. The summed E-state index contributed by atoms with van der Waals surface area (Å²) < 4.78 is 38.2. The molecule has 1 aliphatic rings. The molecule has 1 aromatic heterocycles. The van der Waals surface area contributed by atoms with Gasteiger partial charge in [0.2, 0.25) is 0 Å². The number of ether oxygens (including phenoxy) is 1. The van der Waals surface area contributed by atoms with Crippen molar-refractivity contribution in [3.63, 3.8) is 0 Å². The molecule has 0 amide bonds. The number of anilines is 2. The summed E-state index contributed by atoms with van der Waals surface area (Å²) in [6.45, 7) is 1.32. The average Bonchev–Trinajstić information content (AvgIpc) is 2.94. The quantitative estimate of drug-likeness (QED) is 0.736. The molecule has 0 spiro atoms. The maximum Gasteiger partial charge on any atom is 0.417 e. The van der Waals surface area contributed by atoms with Gasteiger partial charge in [-0.05, 0) is 30.3 Å². The number of oxazole rings is 1. The maximum atomic E-state index is 12.6. The topological polar surface area (TPSA) is 105 Å². The van der Waals surface area contributed by atoms with Crippen LogP contribution >= 0.6 is 0 Å². The second-order valence-corrected chi connectivity index (χ2v) is 7.41. The lowest BCUT2D eigenvalue weighted by molar-refractivity contribution is 0.311.